The van der Waals surface area contributed by atoms with Crippen LogP contribution in [0.4, 0.5) is 10.8 Å². The molecule has 0 fully saturated rings. The van der Waals surface area contributed by atoms with Gasteiger partial charge in [-0.05, 0) is 13.8 Å². The number of nitrogens with zero attached hydrogens (tertiary/aromatic N) is 3. The minimum Gasteiger partial charge on any atom is -0.469 e. The largest absolute Gasteiger partial charge is 0.469 e. The molecule has 0 aromatic carbocycles. The van der Waals surface area contributed by atoms with Gasteiger partial charge in [-0.15, -0.1) is 11.3 Å². The lowest BCUT2D eigenvalue weighted by Crippen LogP contribution is -2.04. The fourth-order valence-corrected chi connectivity index (χ4v) is 2.20. The zero-order chi connectivity index (χ0) is 13.8. The van der Waals surface area contributed by atoms with Crippen molar-refractivity contribution in [3.05, 3.63) is 23.5 Å². The highest BCUT2D eigenvalue weighted by molar-refractivity contribution is 7.13. The van der Waals surface area contributed by atoms with E-state index < -0.39 is 0 Å². The van der Waals surface area contributed by atoms with Gasteiger partial charge in [0, 0.05) is 17.6 Å². The van der Waals surface area contributed by atoms with Crippen LogP contribution in [-0.4, -0.2) is 27.8 Å². The summed E-state index contributed by atoms with van der Waals surface area (Å²) in [6.45, 7) is 4.13. The van der Waals surface area contributed by atoms with Gasteiger partial charge in [0.05, 0.1) is 31.1 Å². The van der Waals surface area contributed by atoms with Crippen molar-refractivity contribution >= 4 is 28.1 Å². The monoisotopic (exact) mass is 280 g/mol. The molecule has 7 heteroatoms. The molecule has 0 spiro atoms. The Morgan fingerprint density at radius 3 is 3.00 bits per heavy atom. The van der Waals surface area contributed by atoms with E-state index >= 15 is 0 Å². The normalized spacial score (nSPS) is 10.7. The molecule has 6 nitrogen and oxygen atoms in total. The minimum absolute atomic E-state index is 0.194. The van der Waals surface area contributed by atoms with Crippen molar-refractivity contribution in [2.75, 3.05) is 12.4 Å². The maximum atomic E-state index is 11.1. The second-order valence-electron chi connectivity index (χ2n) is 4.32. The second kappa shape index (κ2) is 5.83. The molecule has 0 radical (unpaired) electrons. The molecule has 2 heterocycles. The van der Waals surface area contributed by atoms with Crippen molar-refractivity contribution in [2.24, 2.45) is 0 Å². The first-order valence-corrected chi connectivity index (χ1v) is 6.79. The van der Waals surface area contributed by atoms with E-state index in [9.17, 15) is 4.79 Å². The van der Waals surface area contributed by atoms with Gasteiger partial charge in [0.2, 0.25) is 0 Å². The lowest BCUT2D eigenvalue weighted by Gasteiger charge is -2.03. The predicted octanol–water partition coefficient (Wildman–Crippen LogP) is 2.38. The summed E-state index contributed by atoms with van der Waals surface area (Å²) in [6.07, 6.45) is 3.87. The van der Waals surface area contributed by atoms with Crippen molar-refractivity contribution in [1.29, 1.82) is 0 Å². The Morgan fingerprint density at radius 2 is 2.37 bits per heavy atom. The molecule has 2 aromatic rings. The van der Waals surface area contributed by atoms with Crippen LogP contribution in [0.15, 0.2) is 17.8 Å². The van der Waals surface area contributed by atoms with E-state index in [0.717, 1.165) is 10.8 Å². The molecule has 19 heavy (non-hydrogen) atoms. The van der Waals surface area contributed by atoms with E-state index in [4.69, 9.17) is 0 Å². The molecule has 0 aliphatic heterocycles. The quantitative estimate of drug-likeness (QED) is 0.852. The number of esters is 1. The molecular weight excluding hydrogens is 264 g/mol. The molecule has 102 valence electrons. The van der Waals surface area contributed by atoms with E-state index in [1.807, 2.05) is 16.3 Å². The number of aromatic nitrogens is 3. The molecule has 0 amide bonds. The number of carbonyl (C=O) groups excluding carboxylic acids is 1. The van der Waals surface area contributed by atoms with Gasteiger partial charge < -0.3 is 10.1 Å². The molecule has 0 aliphatic carbocycles. The van der Waals surface area contributed by atoms with Crippen molar-refractivity contribution < 1.29 is 9.53 Å². The third-order valence-corrected chi connectivity index (χ3v) is 3.29. The molecule has 0 saturated carbocycles. The molecule has 2 aromatic heterocycles. The number of methoxy groups -OCH3 is 1. The number of carbonyl (C=O) groups is 1. The fraction of sp³-hybridized carbons (Fsp3) is 0.417. The summed E-state index contributed by atoms with van der Waals surface area (Å²) in [6, 6.07) is 0.321. The fourth-order valence-electron chi connectivity index (χ4n) is 1.47. The standard InChI is InChI=1S/C12H16N4O2S/c1-8(2)16-6-10(5-13-16)15-12-14-9(7-19-12)4-11(17)18-3/h5-8H,4H2,1-3H3,(H,14,15). The third-order valence-electron chi connectivity index (χ3n) is 2.49. The van der Waals surface area contributed by atoms with Gasteiger partial charge in [-0.25, -0.2) is 4.98 Å². The van der Waals surface area contributed by atoms with Crippen LogP contribution in [-0.2, 0) is 16.0 Å². The summed E-state index contributed by atoms with van der Waals surface area (Å²) in [7, 11) is 1.37. The predicted molar refractivity (Wildman–Crippen MR) is 73.7 cm³/mol. The van der Waals surface area contributed by atoms with Crippen LogP contribution in [0.25, 0.3) is 0 Å². The Bertz CT molecular complexity index is 562. The highest BCUT2D eigenvalue weighted by atomic mass is 32.1. The van der Waals surface area contributed by atoms with Crippen molar-refractivity contribution in [3.63, 3.8) is 0 Å². The van der Waals surface area contributed by atoms with E-state index in [1.165, 1.54) is 18.4 Å². The Kier molecular flexibility index (Phi) is 4.16. The smallest absolute Gasteiger partial charge is 0.311 e. The topological polar surface area (TPSA) is 69.0 Å². The number of anilines is 2. The maximum absolute atomic E-state index is 11.1. The van der Waals surface area contributed by atoms with Crippen molar-refractivity contribution in [3.8, 4) is 0 Å². The zero-order valence-electron chi connectivity index (χ0n) is 11.1. The molecule has 1 N–H and O–H groups in total. The highest BCUT2D eigenvalue weighted by Gasteiger charge is 2.08. The van der Waals surface area contributed by atoms with Gasteiger partial charge in [0.15, 0.2) is 5.13 Å². The Labute approximate surface area is 115 Å². The summed E-state index contributed by atoms with van der Waals surface area (Å²) in [5.74, 6) is -0.288. The summed E-state index contributed by atoms with van der Waals surface area (Å²) >= 11 is 1.45. The Hall–Kier alpha value is -1.89. The summed E-state index contributed by atoms with van der Waals surface area (Å²) in [5.41, 5.74) is 1.59. The number of hydrogen-bond donors (Lipinski definition) is 1. The first-order chi connectivity index (χ1) is 9.08. The minimum atomic E-state index is -0.288. The first kappa shape index (κ1) is 13.5. The summed E-state index contributed by atoms with van der Waals surface area (Å²) in [5, 5.41) is 9.98. The third kappa shape index (κ3) is 3.54. The van der Waals surface area contributed by atoms with Gasteiger partial charge in [-0.3, -0.25) is 9.48 Å². The summed E-state index contributed by atoms with van der Waals surface area (Å²) in [4.78, 5) is 15.5. The van der Waals surface area contributed by atoms with Gasteiger partial charge in [0.25, 0.3) is 0 Å². The average Bonchev–Trinajstić information content (AvgIpc) is 2.99. The van der Waals surface area contributed by atoms with Gasteiger partial charge in [-0.1, -0.05) is 0 Å². The van der Waals surface area contributed by atoms with Crippen molar-refractivity contribution in [2.45, 2.75) is 26.3 Å². The van der Waals surface area contributed by atoms with Crippen LogP contribution in [0, 0.1) is 0 Å². The maximum Gasteiger partial charge on any atom is 0.311 e. The van der Waals surface area contributed by atoms with Crippen LogP contribution >= 0.6 is 11.3 Å². The van der Waals surface area contributed by atoms with Crippen molar-refractivity contribution in [1.82, 2.24) is 14.8 Å². The number of ether oxygens (including phenoxy) is 1. The number of thiazole rings is 1. The van der Waals surface area contributed by atoms with Crippen LogP contribution < -0.4 is 5.32 Å². The lowest BCUT2D eigenvalue weighted by molar-refractivity contribution is -0.139. The van der Waals surface area contributed by atoms with Crippen LogP contribution in [0.5, 0.6) is 0 Å². The number of rotatable bonds is 5. The van der Waals surface area contributed by atoms with Crippen LogP contribution in [0.2, 0.25) is 0 Å². The zero-order valence-corrected chi connectivity index (χ0v) is 11.9. The molecule has 0 bridgehead atoms. The van der Waals surface area contributed by atoms with Crippen LogP contribution in [0.1, 0.15) is 25.6 Å². The Balaban J connectivity index is 2.00. The van der Waals surface area contributed by atoms with Gasteiger partial charge in [-0.2, -0.15) is 5.10 Å². The lowest BCUT2D eigenvalue weighted by atomic mass is 10.3. The van der Waals surface area contributed by atoms with E-state index in [0.29, 0.717) is 11.7 Å². The first-order valence-electron chi connectivity index (χ1n) is 5.91. The molecule has 0 unspecified atom stereocenters. The SMILES string of the molecule is COC(=O)Cc1csc(Nc2cnn(C(C)C)c2)n1. The van der Waals surface area contributed by atoms with E-state index in [1.54, 1.807) is 6.20 Å². The number of hydrogen-bond acceptors (Lipinski definition) is 6. The average molecular weight is 280 g/mol. The van der Waals surface area contributed by atoms with E-state index in [-0.39, 0.29) is 12.4 Å². The van der Waals surface area contributed by atoms with Gasteiger partial charge in [0.1, 0.15) is 0 Å². The molecule has 0 atom stereocenters. The molecular formula is C12H16N4O2S. The molecule has 2 rings (SSSR count). The summed E-state index contributed by atoms with van der Waals surface area (Å²) < 4.78 is 6.47. The Morgan fingerprint density at radius 1 is 1.58 bits per heavy atom. The highest BCUT2D eigenvalue weighted by Crippen LogP contribution is 2.21. The van der Waals surface area contributed by atoms with Crippen LogP contribution in [0.3, 0.4) is 0 Å². The number of nitrogens with one attached hydrogen (secondary N) is 1. The van der Waals surface area contributed by atoms with Gasteiger partial charge >= 0.3 is 5.97 Å². The second-order valence-corrected chi connectivity index (χ2v) is 5.18. The molecule has 0 saturated heterocycles. The van der Waals surface area contributed by atoms with E-state index in [2.05, 4.69) is 34.0 Å². The molecule has 0 aliphatic rings.